The molecule has 4 aliphatic rings. The minimum absolute atomic E-state index is 0.00724. The van der Waals surface area contributed by atoms with Crippen LogP contribution in [-0.4, -0.2) is 45.0 Å². The average Bonchev–Trinajstić information content (AvgIpc) is 3.29. The number of hydrazine groups is 1. The number of carbonyl (C=O) groups excluding carboxylic acids is 4. The molecule has 1 heterocycles. The minimum Gasteiger partial charge on any atom is -0.292 e. The summed E-state index contributed by atoms with van der Waals surface area (Å²) in [6.07, 6.45) is 0. The number of halogens is 2. The van der Waals surface area contributed by atoms with Crippen molar-refractivity contribution in [2.75, 3.05) is 6.54 Å². The largest absolute Gasteiger partial charge is 0.292 e. The van der Waals surface area contributed by atoms with E-state index in [1.165, 1.54) is 36.4 Å². The number of hydrogen-bond donors (Lipinski definition) is 0. The fourth-order valence-electron chi connectivity index (χ4n) is 7.02. The van der Waals surface area contributed by atoms with Crippen molar-refractivity contribution in [3.63, 3.8) is 0 Å². The Labute approximate surface area is 260 Å². The Morgan fingerprint density at radius 2 is 1.25 bits per heavy atom. The highest BCUT2D eigenvalue weighted by Gasteiger charge is 2.63. The van der Waals surface area contributed by atoms with E-state index in [2.05, 4.69) is 0 Å². The van der Waals surface area contributed by atoms with Crippen molar-refractivity contribution in [3.05, 3.63) is 145 Å². The Kier molecular flexibility index (Phi) is 6.60. The molecule has 218 valence electrons. The lowest BCUT2D eigenvalue weighted by Crippen LogP contribution is -2.52. The normalized spacial score (nSPS) is 21.0. The summed E-state index contributed by atoms with van der Waals surface area (Å²) >= 11 is 12.3. The van der Waals surface area contributed by atoms with Gasteiger partial charge in [-0.2, -0.15) is 5.01 Å². The number of rotatable bonds is 6. The second-order valence-electron chi connectivity index (χ2n) is 10.9. The molecule has 4 aromatic carbocycles. The molecule has 0 N–H and O–H groups in total. The molecule has 11 heteroatoms. The second-order valence-corrected chi connectivity index (χ2v) is 11.8. The molecule has 0 spiro atoms. The number of Topliss-reactive ketones (excluding diaryl/α,β-unsaturated/α-hetero) is 1. The number of imide groups is 1. The van der Waals surface area contributed by atoms with Gasteiger partial charge in [-0.05, 0) is 46.5 Å². The zero-order chi connectivity index (χ0) is 30.9. The van der Waals surface area contributed by atoms with E-state index >= 15 is 0 Å². The summed E-state index contributed by atoms with van der Waals surface area (Å²) in [5.74, 6) is -5.63. The summed E-state index contributed by atoms with van der Waals surface area (Å²) in [7, 11) is 0. The lowest BCUT2D eigenvalue weighted by Gasteiger charge is -2.45. The van der Waals surface area contributed by atoms with Crippen LogP contribution in [0.15, 0.2) is 91.0 Å². The Morgan fingerprint density at radius 1 is 0.750 bits per heavy atom. The smallest absolute Gasteiger partial charge is 0.282 e. The average molecular weight is 626 g/mol. The van der Waals surface area contributed by atoms with Crippen LogP contribution in [0.3, 0.4) is 0 Å². The maximum absolute atomic E-state index is 14.4. The van der Waals surface area contributed by atoms with Crippen molar-refractivity contribution < 1.29 is 24.1 Å². The van der Waals surface area contributed by atoms with Gasteiger partial charge in [-0.15, -0.1) is 0 Å². The van der Waals surface area contributed by atoms with Gasteiger partial charge >= 0.3 is 0 Å². The van der Waals surface area contributed by atoms with E-state index < -0.39 is 64.3 Å². The zero-order valence-corrected chi connectivity index (χ0v) is 24.2. The number of para-hydroxylation sites is 1. The van der Waals surface area contributed by atoms with Crippen LogP contribution in [0, 0.1) is 22.0 Å². The van der Waals surface area contributed by atoms with Gasteiger partial charge in [0.1, 0.15) is 12.1 Å². The van der Waals surface area contributed by atoms with Gasteiger partial charge in [0.05, 0.1) is 21.8 Å². The van der Waals surface area contributed by atoms with E-state index in [9.17, 15) is 29.3 Å². The third-order valence-electron chi connectivity index (χ3n) is 8.76. The molecule has 0 saturated carbocycles. The van der Waals surface area contributed by atoms with Crippen LogP contribution >= 0.6 is 23.2 Å². The van der Waals surface area contributed by atoms with Crippen molar-refractivity contribution in [2.24, 2.45) is 11.8 Å². The van der Waals surface area contributed by atoms with Crippen LogP contribution in [0.1, 0.15) is 54.8 Å². The Bertz CT molecular complexity index is 1830. The molecule has 0 radical (unpaired) electrons. The first-order valence-corrected chi connectivity index (χ1v) is 14.5. The topological polar surface area (TPSA) is 118 Å². The number of nitro groups is 1. The van der Waals surface area contributed by atoms with Gasteiger partial charge in [0.15, 0.2) is 5.78 Å². The van der Waals surface area contributed by atoms with Crippen LogP contribution in [0.5, 0.6) is 0 Å². The quantitative estimate of drug-likeness (QED) is 0.112. The molecule has 1 fully saturated rings. The van der Waals surface area contributed by atoms with Crippen LogP contribution in [-0.2, 0) is 9.59 Å². The molecule has 0 unspecified atom stereocenters. The lowest BCUT2D eigenvalue weighted by molar-refractivity contribution is -0.385. The molecule has 44 heavy (non-hydrogen) atoms. The molecule has 1 saturated heterocycles. The SMILES string of the molecule is O=C(CN(C(=O)c1ccccc1[N+](=O)[O-])N1C(=O)[C@H]2C3c4ccccc4C(c4ccccc43)[C@@H]2C1=O)c1ccc(Cl)cc1Cl. The van der Waals surface area contributed by atoms with E-state index in [-0.39, 0.29) is 21.2 Å². The number of benzene rings is 4. The fourth-order valence-corrected chi connectivity index (χ4v) is 7.54. The summed E-state index contributed by atoms with van der Waals surface area (Å²) < 4.78 is 0. The van der Waals surface area contributed by atoms with Gasteiger partial charge in [0, 0.05) is 28.5 Å². The summed E-state index contributed by atoms with van der Waals surface area (Å²) in [5.41, 5.74) is 2.82. The van der Waals surface area contributed by atoms with Crippen molar-refractivity contribution in [2.45, 2.75) is 11.8 Å². The first-order valence-electron chi connectivity index (χ1n) is 13.8. The van der Waals surface area contributed by atoms with Crippen LogP contribution < -0.4 is 0 Å². The van der Waals surface area contributed by atoms with E-state index in [0.717, 1.165) is 38.3 Å². The van der Waals surface area contributed by atoms with Gasteiger partial charge in [0.25, 0.3) is 23.4 Å². The zero-order valence-electron chi connectivity index (χ0n) is 22.7. The Hall–Kier alpha value is -4.86. The minimum atomic E-state index is -1.04. The molecule has 1 aliphatic heterocycles. The Morgan fingerprint density at radius 3 is 1.75 bits per heavy atom. The monoisotopic (exact) mass is 625 g/mol. The molecule has 2 bridgehead atoms. The maximum Gasteiger partial charge on any atom is 0.282 e. The second kappa shape index (κ2) is 10.4. The van der Waals surface area contributed by atoms with Crippen LogP contribution in [0.4, 0.5) is 5.69 Å². The molecule has 0 aromatic heterocycles. The molecule has 8 rings (SSSR count). The third-order valence-corrected chi connectivity index (χ3v) is 9.30. The fraction of sp³-hybridized carbons (Fsp3) is 0.152. The molecule has 3 aliphatic carbocycles. The van der Waals surface area contributed by atoms with Crippen molar-refractivity contribution >= 4 is 52.4 Å². The molecular formula is C33H21Cl2N3O6. The van der Waals surface area contributed by atoms with Crippen molar-refractivity contribution in [3.8, 4) is 0 Å². The van der Waals surface area contributed by atoms with Gasteiger partial charge in [-0.25, -0.2) is 5.01 Å². The maximum atomic E-state index is 14.4. The highest BCUT2D eigenvalue weighted by atomic mass is 35.5. The number of ketones is 1. The number of hydrogen-bond acceptors (Lipinski definition) is 6. The number of nitro benzene ring substituents is 1. The van der Waals surface area contributed by atoms with Crippen molar-refractivity contribution in [1.82, 2.24) is 10.0 Å². The first kappa shape index (κ1) is 27.9. The van der Waals surface area contributed by atoms with E-state index in [4.69, 9.17) is 23.2 Å². The van der Waals surface area contributed by atoms with Gasteiger partial charge in [-0.3, -0.25) is 29.3 Å². The predicted molar refractivity (Wildman–Crippen MR) is 160 cm³/mol. The Balaban J connectivity index is 1.36. The standard InChI is InChI=1S/C33H21Cl2N3O6/c34-17-13-14-22(24(35)15-17)26(39)16-36(31(40)23-11-5-6-12-25(23)38(43)44)37-32(41)29-27-18-7-1-2-8-19(18)28(30(29)33(37)42)21-10-4-3-9-20(21)27/h1-15,27-30H,16H2/t27?,28?,29-,30-/m0/s1. The lowest BCUT2D eigenvalue weighted by atomic mass is 9.55. The number of carbonyl (C=O) groups is 4. The highest BCUT2D eigenvalue weighted by Crippen LogP contribution is 2.61. The number of nitrogens with zero attached hydrogens (tertiary/aromatic N) is 3. The number of amides is 3. The summed E-state index contributed by atoms with van der Waals surface area (Å²) in [5, 5.41) is 13.6. The summed E-state index contributed by atoms with van der Waals surface area (Å²) in [6.45, 7) is -0.779. The van der Waals surface area contributed by atoms with Crippen molar-refractivity contribution in [1.29, 1.82) is 0 Å². The first-order chi connectivity index (χ1) is 21.2. The van der Waals surface area contributed by atoms with Gasteiger partial charge in [-0.1, -0.05) is 83.9 Å². The van der Waals surface area contributed by atoms with Crippen LogP contribution in [0.2, 0.25) is 10.0 Å². The van der Waals surface area contributed by atoms with Crippen LogP contribution in [0.25, 0.3) is 0 Å². The van der Waals surface area contributed by atoms with Gasteiger partial charge < -0.3 is 0 Å². The van der Waals surface area contributed by atoms with E-state index in [1.54, 1.807) is 0 Å². The third kappa shape index (κ3) is 4.07. The van der Waals surface area contributed by atoms with E-state index in [1.807, 2.05) is 48.5 Å². The molecular weight excluding hydrogens is 605 g/mol. The summed E-state index contributed by atoms with van der Waals surface area (Å²) in [6, 6.07) is 24.7. The molecule has 4 aromatic rings. The summed E-state index contributed by atoms with van der Waals surface area (Å²) in [4.78, 5) is 67.7. The molecule has 9 nitrogen and oxygen atoms in total. The predicted octanol–water partition coefficient (Wildman–Crippen LogP) is 6.03. The van der Waals surface area contributed by atoms with Gasteiger partial charge in [0.2, 0.25) is 0 Å². The highest BCUT2D eigenvalue weighted by molar-refractivity contribution is 6.37. The molecule has 2 atom stereocenters. The molecule has 3 amide bonds. The van der Waals surface area contributed by atoms with E-state index in [0.29, 0.717) is 0 Å².